The monoisotopic (exact) mass is 452 g/mol. The Labute approximate surface area is 178 Å². The van der Waals surface area contributed by atoms with E-state index in [4.69, 9.17) is 14.9 Å². The SMILES string of the molecule is CCCC1CCC23OC(=N)C(C#N)(C2C1)C(C#N)(C#N)C(c1ccccc1Br)O3. The first-order valence-electron chi connectivity index (χ1n) is 9.88. The topological polar surface area (TPSA) is 114 Å². The predicted octanol–water partition coefficient (Wildman–Crippen LogP) is 4.98. The summed E-state index contributed by atoms with van der Waals surface area (Å²) in [6, 6.07) is 13.7. The zero-order valence-corrected chi connectivity index (χ0v) is 17.7. The number of benzene rings is 1. The number of hydrogen-bond donors (Lipinski definition) is 1. The molecule has 2 bridgehead atoms. The fourth-order valence-electron chi connectivity index (χ4n) is 5.55. The molecular weight excluding hydrogens is 432 g/mol. The van der Waals surface area contributed by atoms with Crippen molar-refractivity contribution in [1.29, 1.82) is 21.2 Å². The molecule has 0 aromatic heterocycles. The molecule has 1 aromatic carbocycles. The number of halogens is 1. The molecule has 6 nitrogen and oxygen atoms in total. The molecule has 2 saturated heterocycles. The highest BCUT2D eigenvalue weighted by atomic mass is 79.9. The van der Waals surface area contributed by atoms with Gasteiger partial charge in [-0.05, 0) is 30.4 Å². The zero-order valence-electron chi connectivity index (χ0n) is 16.1. The first-order chi connectivity index (χ1) is 13.9. The molecule has 4 rings (SSSR count). The van der Waals surface area contributed by atoms with Crippen LogP contribution in [0.15, 0.2) is 28.7 Å². The maximum atomic E-state index is 10.4. The van der Waals surface area contributed by atoms with Crippen LogP contribution in [0.3, 0.4) is 0 Å². The van der Waals surface area contributed by atoms with Gasteiger partial charge in [-0.25, -0.2) is 0 Å². The van der Waals surface area contributed by atoms with Crippen LogP contribution in [-0.2, 0) is 9.47 Å². The van der Waals surface area contributed by atoms with Crippen molar-refractivity contribution in [3.63, 3.8) is 0 Å². The van der Waals surface area contributed by atoms with Gasteiger partial charge in [-0.3, -0.25) is 5.41 Å². The van der Waals surface area contributed by atoms with Gasteiger partial charge in [0.15, 0.2) is 5.41 Å². The van der Waals surface area contributed by atoms with Crippen LogP contribution in [0.4, 0.5) is 0 Å². The second kappa shape index (κ2) is 6.84. The standard InChI is InChI=1S/C22H21BrN4O2/c1-2-5-14-8-9-22-17(10-14)21(13-26,19(27)29-22)20(11-24,12-25)18(28-22)15-6-3-4-7-16(15)23/h3-4,6-7,14,17-18,27H,2,5,8-10H2,1H3. The van der Waals surface area contributed by atoms with Crippen molar-refractivity contribution >= 4 is 21.8 Å². The van der Waals surface area contributed by atoms with E-state index in [0.717, 1.165) is 19.3 Å². The lowest BCUT2D eigenvalue weighted by molar-refractivity contribution is -0.299. The van der Waals surface area contributed by atoms with Gasteiger partial charge in [-0.15, -0.1) is 0 Å². The van der Waals surface area contributed by atoms with E-state index < -0.39 is 28.6 Å². The maximum absolute atomic E-state index is 10.4. The molecule has 29 heavy (non-hydrogen) atoms. The van der Waals surface area contributed by atoms with Gasteiger partial charge < -0.3 is 9.47 Å². The fourth-order valence-corrected chi connectivity index (χ4v) is 6.05. The van der Waals surface area contributed by atoms with Crippen LogP contribution in [0.5, 0.6) is 0 Å². The number of ether oxygens (including phenoxy) is 2. The van der Waals surface area contributed by atoms with E-state index in [1.807, 2.05) is 12.1 Å². The largest absolute Gasteiger partial charge is 0.447 e. The molecule has 1 N–H and O–H groups in total. The summed E-state index contributed by atoms with van der Waals surface area (Å²) < 4.78 is 13.1. The molecule has 2 aliphatic heterocycles. The molecule has 1 aliphatic carbocycles. The Kier molecular flexibility index (Phi) is 4.69. The van der Waals surface area contributed by atoms with Crippen molar-refractivity contribution in [2.45, 2.75) is 50.9 Å². The van der Waals surface area contributed by atoms with Crippen LogP contribution in [-0.4, -0.2) is 11.7 Å². The number of rotatable bonds is 3. The summed E-state index contributed by atoms with van der Waals surface area (Å²) >= 11 is 3.50. The third-order valence-electron chi connectivity index (χ3n) is 6.90. The minimum absolute atomic E-state index is 0.306. The highest BCUT2D eigenvalue weighted by molar-refractivity contribution is 9.10. The Bertz CT molecular complexity index is 976. The lowest BCUT2D eigenvalue weighted by Gasteiger charge is -2.53. The highest BCUT2D eigenvalue weighted by Crippen LogP contribution is 2.70. The van der Waals surface area contributed by atoms with Crippen LogP contribution in [0.1, 0.15) is 50.7 Å². The van der Waals surface area contributed by atoms with Gasteiger partial charge in [0.05, 0.1) is 24.1 Å². The van der Waals surface area contributed by atoms with Gasteiger partial charge in [0.25, 0.3) is 0 Å². The van der Waals surface area contributed by atoms with E-state index in [-0.39, 0.29) is 5.90 Å². The summed E-state index contributed by atoms with van der Waals surface area (Å²) in [5, 5.41) is 39.6. The third-order valence-corrected chi connectivity index (χ3v) is 7.63. The van der Waals surface area contributed by atoms with Crippen molar-refractivity contribution in [1.82, 2.24) is 0 Å². The van der Waals surface area contributed by atoms with Gasteiger partial charge in [-0.1, -0.05) is 53.9 Å². The molecule has 148 valence electrons. The summed E-state index contributed by atoms with van der Waals surface area (Å²) in [6.45, 7) is 2.12. The van der Waals surface area contributed by atoms with Crippen molar-refractivity contribution < 1.29 is 9.47 Å². The minimum Gasteiger partial charge on any atom is -0.447 e. The molecule has 0 amide bonds. The normalized spacial score (nSPS) is 36.8. The van der Waals surface area contributed by atoms with E-state index >= 15 is 0 Å². The first-order valence-corrected chi connectivity index (χ1v) is 10.7. The molecule has 5 atom stereocenters. The van der Waals surface area contributed by atoms with Crippen LogP contribution in [0.2, 0.25) is 0 Å². The van der Waals surface area contributed by atoms with E-state index in [1.165, 1.54) is 0 Å². The molecule has 0 radical (unpaired) electrons. The summed E-state index contributed by atoms with van der Waals surface area (Å²) in [5.74, 6) is -1.61. The maximum Gasteiger partial charge on any atom is 0.217 e. The summed E-state index contributed by atoms with van der Waals surface area (Å²) in [7, 11) is 0. The molecule has 5 unspecified atom stereocenters. The lowest BCUT2D eigenvalue weighted by Crippen LogP contribution is -2.61. The number of nitrogens with zero attached hydrogens (tertiary/aromatic N) is 3. The Hall–Kier alpha value is -2.40. The molecule has 1 aromatic rings. The Morgan fingerprint density at radius 1 is 1.21 bits per heavy atom. The minimum atomic E-state index is -1.89. The van der Waals surface area contributed by atoms with Crippen molar-refractivity contribution in [2.24, 2.45) is 22.7 Å². The predicted molar refractivity (Wildman–Crippen MR) is 107 cm³/mol. The van der Waals surface area contributed by atoms with Crippen LogP contribution < -0.4 is 0 Å². The Morgan fingerprint density at radius 2 is 1.93 bits per heavy atom. The molecule has 1 saturated carbocycles. The quantitative estimate of drug-likeness (QED) is 0.693. The summed E-state index contributed by atoms with van der Waals surface area (Å²) in [5.41, 5.74) is -2.94. The molecule has 2 heterocycles. The van der Waals surface area contributed by atoms with Crippen LogP contribution in [0, 0.1) is 62.1 Å². The average Bonchev–Trinajstić information content (AvgIpc) is 2.93. The molecule has 3 aliphatic rings. The third kappa shape index (κ3) is 2.37. The second-order valence-electron chi connectivity index (χ2n) is 8.20. The van der Waals surface area contributed by atoms with Crippen LogP contribution >= 0.6 is 15.9 Å². The lowest BCUT2D eigenvalue weighted by atomic mass is 9.50. The Morgan fingerprint density at radius 3 is 2.55 bits per heavy atom. The molecule has 0 spiro atoms. The molecule has 7 heteroatoms. The highest BCUT2D eigenvalue weighted by Gasteiger charge is 2.81. The number of nitriles is 3. The summed E-state index contributed by atoms with van der Waals surface area (Å²) in [4.78, 5) is 0. The number of nitrogens with one attached hydrogen (secondary N) is 1. The van der Waals surface area contributed by atoms with E-state index in [0.29, 0.717) is 28.8 Å². The van der Waals surface area contributed by atoms with E-state index in [1.54, 1.807) is 12.1 Å². The van der Waals surface area contributed by atoms with Gasteiger partial charge in [0, 0.05) is 10.9 Å². The van der Waals surface area contributed by atoms with Gasteiger partial charge in [0.2, 0.25) is 17.1 Å². The molecule has 3 fully saturated rings. The van der Waals surface area contributed by atoms with Gasteiger partial charge in [-0.2, -0.15) is 15.8 Å². The van der Waals surface area contributed by atoms with E-state index in [9.17, 15) is 15.8 Å². The fraction of sp³-hybridized carbons (Fsp3) is 0.545. The van der Waals surface area contributed by atoms with E-state index in [2.05, 4.69) is 41.1 Å². The first kappa shape index (κ1) is 19.9. The van der Waals surface area contributed by atoms with Crippen molar-refractivity contribution in [2.75, 3.05) is 0 Å². The Balaban J connectivity index is 1.95. The summed E-state index contributed by atoms with van der Waals surface area (Å²) in [6.07, 6.45) is 3.04. The average molecular weight is 453 g/mol. The zero-order chi connectivity index (χ0) is 20.9. The second-order valence-corrected chi connectivity index (χ2v) is 9.05. The number of hydrogen-bond acceptors (Lipinski definition) is 6. The van der Waals surface area contributed by atoms with Crippen LogP contribution in [0.25, 0.3) is 0 Å². The van der Waals surface area contributed by atoms with Crippen molar-refractivity contribution in [3.05, 3.63) is 34.3 Å². The molecular formula is C22H21BrN4O2. The van der Waals surface area contributed by atoms with Gasteiger partial charge in [0.1, 0.15) is 6.10 Å². The van der Waals surface area contributed by atoms with Crippen molar-refractivity contribution in [3.8, 4) is 18.2 Å². The smallest absolute Gasteiger partial charge is 0.217 e. The van der Waals surface area contributed by atoms with Gasteiger partial charge >= 0.3 is 0 Å².